The predicted octanol–water partition coefficient (Wildman–Crippen LogP) is -0.0104. The molecule has 0 aliphatic carbocycles. The average molecular weight is 567 g/mol. The van der Waals surface area contributed by atoms with Gasteiger partial charge in [0.05, 0.1) is 26.4 Å². The molecule has 0 spiro atoms. The second-order valence-corrected chi connectivity index (χ2v) is 9.00. The van der Waals surface area contributed by atoms with E-state index in [1.807, 2.05) is 36.4 Å². The van der Waals surface area contributed by atoms with Gasteiger partial charge in [-0.15, -0.1) is 0 Å². The van der Waals surface area contributed by atoms with Crippen molar-refractivity contribution in [2.45, 2.75) is 25.7 Å². The SMILES string of the molecule is NC(N)=NCCc1ccc2c(c1)OCCCO2.NC(N)=NCCc1ccc2c(c1)OCCCO2.O=S(=O)([O-])[O-]. The van der Waals surface area contributed by atoms with Gasteiger partial charge in [-0.25, -0.2) is 0 Å². The minimum Gasteiger partial charge on any atom is -0.759 e. The van der Waals surface area contributed by atoms with Gasteiger partial charge in [-0.3, -0.25) is 18.4 Å². The normalized spacial score (nSPS) is 13.6. The minimum atomic E-state index is -5.17. The fourth-order valence-corrected chi connectivity index (χ4v) is 3.35. The summed E-state index contributed by atoms with van der Waals surface area (Å²) in [4.78, 5) is 7.90. The highest BCUT2D eigenvalue weighted by molar-refractivity contribution is 7.79. The van der Waals surface area contributed by atoms with E-state index in [2.05, 4.69) is 9.98 Å². The lowest BCUT2D eigenvalue weighted by molar-refractivity contribution is 0.296. The van der Waals surface area contributed by atoms with E-state index in [-0.39, 0.29) is 11.9 Å². The third-order valence-electron chi connectivity index (χ3n) is 5.01. The fourth-order valence-electron chi connectivity index (χ4n) is 3.35. The largest absolute Gasteiger partial charge is 0.759 e. The van der Waals surface area contributed by atoms with Crippen molar-refractivity contribution in [2.24, 2.45) is 32.9 Å². The number of guanidine groups is 2. The number of hydrogen-bond donors (Lipinski definition) is 4. The van der Waals surface area contributed by atoms with Crippen LogP contribution in [0.15, 0.2) is 46.4 Å². The maximum Gasteiger partial charge on any atom is 0.185 e. The van der Waals surface area contributed by atoms with E-state index in [0.717, 1.165) is 59.8 Å². The zero-order chi connectivity index (χ0) is 28.7. The Kier molecular flexibility index (Phi) is 12.9. The van der Waals surface area contributed by atoms with Crippen molar-refractivity contribution in [3.05, 3.63) is 47.5 Å². The van der Waals surface area contributed by atoms with Crippen LogP contribution in [0.5, 0.6) is 23.0 Å². The molecule has 0 bridgehead atoms. The summed E-state index contributed by atoms with van der Waals surface area (Å²) < 4.78 is 56.4. The molecule has 14 nitrogen and oxygen atoms in total. The molecule has 4 rings (SSSR count). The number of nitrogens with two attached hydrogens (primary N) is 4. The molecule has 2 aromatic rings. The maximum absolute atomic E-state index is 8.52. The summed E-state index contributed by atoms with van der Waals surface area (Å²) in [6, 6.07) is 11.9. The Morgan fingerprint density at radius 3 is 1.33 bits per heavy atom. The van der Waals surface area contributed by atoms with Crippen molar-refractivity contribution in [1.29, 1.82) is 0 Å². The van der Waals surface area contributed by atoms with E-state index in [1.165, 1.54) is 0 Å². The molecule has 2 aliphatic heterocycles. The van der Waals surface area contributed by atoms with Gasteiger partial charge in [-0.1, -0.05) is 12.1 Å². The molecule has 15 heteroatoms. The van der Waals surface area contributed by atoms with Crippen LogP contribution in [0.25, 0.3) is 0 Å². The van der Waals surface area contributed by atoms with Crippen molar-refractivity contribution in [2.75, 3.05) is 39.5 Å². The van der Waals surface area contributed by atoms with Gasteiger partial charge in [0.25, 0.3) is 0 Å². The number of fused-ring (bicyclic) bond motifs is 2. The van der Waals surface area contributed by atoms with Crippen LogP contribution >= 0.6 is 0 Å². The number of rotatable bonds is 6. The molecule has 0 atom stereocenters. The van der Waals surface area contributed by atoms with Crippen LogP contribution in [-0.4, -0.2) is 69.0 Å². The Hall–Kier alpha value is -3.95. The smallest absolute Gasteiger partial charge is 0.185 e. The first-order valence-corrected chi connectivity index (χ1v) is 13.4. The summed E-state index contributed by atoms with van der Waals surface area (Å²) in [7, 11) is -5.17. The Morgan fingerprint density at radius 2 is 1.00 bits per heavy atom. The molecule has 2 aliphatic rings. The third kappa shape index (κ3) is 14.0. The first-order chi connectivity index (χ1) is 18.5. The highest BCUT2D eigenvalue weighted by Crippen LogP contribution is 2.31. The van der Waals surface area contributed by atoms with E-state index in [9.17, 15) is 0 Å². The van der Waals surface area contributed by atoms with Gasteiger partial charge < -0.3 is 51.0 Å². The van der Waals surface area contributed by atoms with Crippen LogP contribution < -0.4 is 41.9 Å². The van der Waals surface area contributed by atoms with E-state index in [1.54, 1.807) is 0 Å². The molecule has 2 heterocycles. The van der Waals surface area contributed by atoms with Gasteiger partial charge in [-0.2, -0.15) is 0 Å². The standard InChI is InChI=1S/2C12H17N3O2.H2O4S/c2*13-12(14)15-5-4-9-2-3-10-11(8-9)17-7-1-6-16-10;1-5(2,3)4/h2*2-3,8H,1,4-7H2,(H4,13,14,15);(H2,1,2,3,4)/p-2. The molecule has 0 fully saturated rings. The number of aliphatic imine (C=N–C) groups is 2. The molecule has 2 aromatic carbocycles. The number of benzene rings is 2. The number of nitrogens with zero attached hydrogens (tertiary/aromatic N) is 2. The van der Waals surface area contributed by atoms with Gasteiger partial charge in [-0.05, 0) is 48.2 Å². The van der Waals surface area contributed by atoms with Gasteiger partial charge in [0, 0.05) is 36.3 Å². The highest BCUT2D eigenvalue weighted by atomic mass is 32.3. The summed E-state index contributed by atoms with van der Waals surface area (Å²) in [6.45, 7) is 3.99. The van der Waals surface area contributed by atoms with Crippen LogP contribution in [0.4, 0.5) is 0 Å². The molecule has 0 saturated carbocycles. The average Bonchev–Trinajstić information content (AvgIpc) is 3.23. The van der Waals surface area contributed by atoms with E-state index >= 15 is 0 Å². The zero-order valence-electron chi connectivity index (χ0n) is 21.4. The number of hydrogen-bond acceptors (Lipinski definition) is 10. The number of ether oxygens (including phenoxy) is 4. The first-order valence-electron chi connectivity index (χ1n) is 12.1. The van der Waals surface area contributed by atoms with E-state index < -0.39 is 10.4 Å². The van der Waals surface area contributed by atoms with Gasteiger partial charge in [0.15, 0.2) is 34.9 Å². The highest BCUT2D eigenvalue weighted by Gasteiger charge is 2.11. The molecule has 0 unspecified atom stereocenters. The van der Waals surface area contributed by atoms with Gasteiger partial charge >= 0.3 is 0 Å². The Balaban J connectivity index is 0.000000234. The van der Waals surface area contributed by atoms with Crippen molar-refractivity contribution < 1.29 is 36.5 Å². The van der Waals surface area contributed by atoms with E-state index in [0.29, 0.717) is 39.5 Å². The zero-order valence-corrected chi connectivity index (χ0v) is 22.2. The Bertz CT molecular complexity index is 1130. The lowest BCUT2D eigenvalue weighted by Gasteiger charge is -2.08. The van der Waals surface area contributed by atoms with Crippen LogP contribution in [0.1, 0.15) is 24.0 Å². The van der Waals surface area contributed by atoms with Crippen LogP contribution in [0, 0.1) is 0 Å². The topological polar surface area (TPSA) is 246 Å². The summed E-state index contributed by atoms with van der Waals surface area (Å²) in [5.74, 6) is 3.49. The molecule has 8 N–H and O–H groups in total. The van der Waals surface area contributed by atoms with Crippen molar-refractivity contribution in [3.63, 3.8) is 0 Å². The molecule has 0 radical (unpaired) electrons. The van der Waals surface area contributed by atoms with Crippen molar-refractivity contribution in [1.82, 2.24) is 0 Å². The van der Waals surface area contributed by atoms with Gasteiger partial charge in [0.2, 0.25) is 0 Å². The Labute approximate surface area is 227 Å². The van der Waals surface area contributed by atoms with Gasteiger partial charge in [0.1, 0.15) is 0 Å². The summed E-state index contributed by atoms with van der Waals surface area (Å²) >= 11 is 0. The second-order valence-electron chi connectivity index (χ2n) is 8.18. The molecular formula is C24H34N6O8S-2. The maximum atomic E-state index is 8.52. The minimum absolute atomic E-state index is 0.124. The fraction of sp³-hybridized carbons (Fsp3) is 0.417. The van der Waals surface area contributed by atoms with Crippen LogP contribution in [-0.2, 0) is 23.2 Å². The molecular weight excluding hydrogens is 532 g/mol. The van der Waals surface area contributed by atoms with E-state index in [4.69, 9.17) is 59.4 Å². The molecule has 0 aromatic heterocycles. The van der Waals surface area contributed by atoms with Crippen LogP contribution in [0.2, 0.25) is 0 Å². The van der Waals surface area contributed by atoms with Crippen molar-refractivity contribution in [3.8, 4) is 23.0 Å². The Morgan fingerprint density at radius 1 is 0.667 bits per heavy atom. The van der Waals surface area contributed by atoms with Crippen LogP contribution in [0.3, 0.4) is 0 Å². The summed E-state index contributed by atoms with van der Waals surface area (Å²) in [5.41, 5.74) is 23.4. The lowest BCUT2D eigenvalue weighted by Crippen LogP contribution is -2.23. The summed E-state index contributed by atoms with van der Waals surface area (Å²) in [5, 5.41) is 0. The lowest BCUT2D eigenvalue weighted by atomic mass is 10.1. The monoisotopic (exact) mass is 566 g/mol. The molecule has 0 amide bonds. The third-order valence-corrected chi connectivity index (χ3v) is 5.01. The second kappa shape index (κ2) is 16.1. The summed E-state index contributed by atoms with van der Waals surface area (Å²) in [6.07, 6.45) is 3.40. The predicted molar refractivity (Wildman–Crippen MR) is 143 cm³/mol. The molecule has 216 valence electrons. The van der Waals surface area contributed by atoms with Crippen molar-refractivity contribution >= 4 is 22.3 Å². The quantitative estimate of drug-likeness (QED) is 0.156. The molecule has 39 heavy (non-hydrogen) atoms. The molecule has 0 saturated heterocycles. The first kappa shape index (κ1) is 31.3.